The molecule has 4 heteroatoms. The Kier molecular flexibility index (Phi) is 7.32. The number of carbonyl (C=O) groups is 1. The second kappa shape index (κ2) is 9.14. The molecule has 0 fully saturated rings. The summed E-state index contributed by atoms with van der Waals surface area (Å²) in [5, 5.41) is 3.94. The highest BCUT2D eigenvalue weighted by atomic mass is 16.5. The molecule has 4 nitrogen and oxygen atoms in total. The van der Waals surface area contributed by atoms with Crippen molar-refractivity contribution in [1.82, 2.24) is 5.43 Å². The van der Waals surface area contributed by atoms with Crippen LogP contribution in [-0.4, -0.2) is 19.2 Å². The van der Waals surface area contributed by atoms with Gasteiger partial charge >= 0.3 is 0 Å². The van der Waals surface area contributed by atoms with Crippen molar-refractivity contribution in [2.24, 2.45) is 5.10 Å². The Morgan fingerprint density at radius 1 is 1.37 bits per heavy atom. The summed E-state index contributed by atoms with van der Waals surface area (Å²) < 4.78 is 5.11. The van der Waals surface area contributed by atoms with E-state index >= 15 is 0 Å². The fraction of sp³-hybridized carbons (Fsp3) is 0.467. The predicted octanol–water partition coefficient (Wildman–Crippen LogP) is 3.12. The Bertz CT molecular complexity index is 416. The molecule has 0 unspecified atom stereocenters. The zero-order valence-electron chi connectivity index (χ0n) is 11.7. The lowest BCUT2D eigenvalue weighted by Gasteiger charge is -2.01. The molecule has 0 saturated heterocycles. The fourth-order valence-electron chi connectivity index (χ4n) is 1.67. The lowest BCUT2D eigenvalue weighted by Crippen LogP contribution is -2.16. The lowest BCUT2D eigenvalue weighted by atomic mass is 10.1. The van der Waals surface area contributed by atoms with Gasteiger partial charge < -0.3 is 4.74 Å². The molecule has 0 bridgehead atoms. The van der Waals surface area contributed by atoms with E-state index in [0.29, 0.717) is 6.42 Å². The van der Waals surface area contributed by atoms with Crippen molar-refractivity contribution in [2.45, 2.75) is 39.0 Å². The van der Waals surface area contributed by atoms with E-state index in [2.05, 4.69) is 17.5 Å². The summed E-state index contributed by atoms with van der Waals surface area (Å²) in [6.45, 7) is 2.15. The molecule has 0 atom stereocenters. The molecule has 1 aromatic rings. The van der Waals surface area contributed by atoms with Crippen molar-refractivity contribution in [1.29, 1.82) is 0 Å². The quantitative estimate of drug-likeness (QED) is 0.444. The van der Waals surface area contributed by atoms with E-state index in [4.69, 9.17) is 4.74 Å². The minimum Gasteiger partial charge on any atom is -0.497 e. The van der Waals surface area contributed by atoms with Gasteiger partial charge in [-0.15, -0.1) is 0 Å². The number of rotatable bonds is 8. The van der Waals surface area contributed by atoms with Crippen LogP contribution in [0.2, 0.25) is 0 Å². The van der Waals surface area contributed by atoms with Crippen molar-refractivity contribution >= 4 is 12.1 Å². The molecule has 0 aliphatic heterocycles. The van der Waals surface area contributed by atoms with Gasteiger partial charge in [-0.25, -0.2) is 5.43 Å². The first-order chi connectivity index (χ1) is 9.26. The van der Waals surface area contributed by atoms with Crippen molar-refractivity contribution in [3.8, 4) is 5.75 Å². The first-order valence-corrected chi connectivity index (χ1v) is 6.72. The van der Waals surface area contributed by atoms with Gasteiger partial charge in [0.15, 0.2) is 0 Å². The maximum atomic E-state index is 11.5. The average molecular weight is 262 g/mol. The van der Waals surface area contributed by atoms with Crippen LogP contribution in [0.3, 0.4) is 0 Å². The lowest BCUT2D eigenvalue weighted by molar-refractivity contribution is -0.121. The number of hydrazone groups is 1. The molecule has 0 heterocycles. The first-order valence-electron chi connectivity index (χ1n) is 6.72. The van der Waals surface area contributed by atoms with Crippen molar-refractivity contribution in [3.05, 3.63) is 29.8 Å². The number of amides is 1. The maximum Gasteiger partial charge on any atom is 0.240 e. The van der Waals surface area contributed by atoms with Gasteiger partial charge in [0.2, 0.25) is 5.91 Å². The third-order valence-electron chi connectivity index (χ3n) is 2.75. The zero-order valence-corrected chi connectivity index (χ0v) is 11.7. The summed E-state index contributed by atoms with van der Waals surface area (Å²) in [4.78, 5) is 11.5. The molecule has 1 aromatic carbocycles. The van der Waals surface area contributed by atoms with Gasteiger partial charge in [-0.3, -0.25) is 4.79 Å². The van der Waals surface area contributed by atoms with Crippen LogP contribution in [0.15, 0.2) is 29.4 Å². The molecule has 0 radical (unpaired) electrons. The molecule has 19 heavy (non-hydrogen) atoms. The Hall–Kier alpha value is -1.84. The van der Waals surface area contributed by atoms with Crippen LogP contribution >= 0.6 is 0 Å². The molecule has 104 valence electrons. The molecule has 0 aliphatic rings. The van der Waals surface area contributed by atoms with E-state index in [1.54, 1.807) is 13.3 Å². The van der Waals surface area contributed by atoms with Crippen LogP contribution < -0.4 is 10.2 Å². The number of carbonyl (C=O) groups excluding carboxylic acids is 1. The van der Waals surface area contributed by atoms with Crippen LogP contribution in [0.1, 0.15) is 44.6 Å². The van der Waals surface area contributed by atoms with Gasteiger partial charge in [0.25, 0.3) is 0 Å². The van der Waals surface area contributed by atoms with E-state index < -0.39 is 0 Å². The van der Waals surface area contributed by atoms with Crippen molar-refractivity contribution < 1.29 is 9.53 Å². The van der Waals surface area contributed by atoms with E-state index in [1.807, 2.05) is 24.3 Å². The summed E-state index contributed by atoms with van der Waals surface area (Å²) >= 11 is 0. The highest BCUT2D eigenvalue weighted by molar-refractivity contribution is 5.82. The Labute approximate surface area is 114 Å². The molecule has 0 aliphatic carbocycles. The zero-order chi connectivity index (χ0) is 13.9. The molecule has 1 amide bonds. The van der Waals surface area contributed by atoms with Crippen LogP contribution in [0.5, 0.6) is 5.75 Å². The van der Waals surface area contributed by atoms with Gasteiger partial charge in [-0.1, -0.05) is 38.3 Å². The molecule has 0 saturated carbocycles. The minimum atomic E-state index is -0.0322. The summed E-state index contributed by atoms with van der Waals surface area (Å²) in [6.07, 6.45) is 6.54. The van der Waals surface area contributed by atoms with E-state index in [9.17, 15) is 4.79 Å². The largest absolute Gasteiger partial charge is 0.497 e. The molecular formula is C15H22N2O2. The highest BCUT2D eigenvalue weighted by Crippen LogP contribution is 2.10. The Morgan fingerprint density at radius 3 is 2.95 bits per heavy atom. The summed E-state index contributed by atoms with van der Waals surface area (Å²) in [5.41, 5.74) is 3.43. The molecular weight excluding hydrogens is 240 g/mol. The molecule has 1 rings (SSSR count). The predicted molar refractivity (Wildman–Crippen MR) is 77.5 cm³/mol. The number of benzene rings is 1. The van der Waals surface area contributed by atoms with Crippen molar-refractivity contribution in [3.63, 3.8) is 0 Å². The number of methoxy groups -OCH3 is 1. The Balaban J connectivity index is 2.30. The number of unbranched alkanes of at least 4 members (excludes halogenated alkanes) is 3. The van der Waals surface area contributed by atoms with Crippen LogP contribution in [0.4, 0.5) is 0 Å². The molecule has 1 N–H and O–H groups in total. The maximum absolute atomic E-state index is 11.5. The SMILES string of the molecule is CCCCCCC(=O)NN=Cc1cccc(OC)c1. The number of hydrogen-bond acceptors (Lipinski definition) is 3. The molecule has 0 aromatic heterocycles. The number of hydrogen-bond donors (Lipinski definition) is 1. The van der Waals surface area contributed by atoms with Crippen LogP contribution in [0, 0.1) is 0 Å². The standard InChI is InChI=1S/C15H22N2O2/c1-3-4-5-6-10-15(18)17-16-12-13-8-7-9-14(11-13)19-2/h7-9,11-12H,3-6,10H2,1-2H3,(H,17,18). The fourth-order valence-corrected chi connectivity index (χ4v) is 1.67. The normalized spacial score (nSPS) is 10.6. The van der Waals surface area contributed by atoms with E-state index in [1.165, 1.54) is 12.8 Å². The summed E-state index contributed by atoms with van der Waals surface area (Å²) in [5.74, 6) is 0.741. The highest BCUT2D eigenvalue weighted by Gasteiger charge is 1.98. The van der Waals surface area contributed by atoms with Gasteiger partial charge in [-0.2, -0.15) is 5.10 Å². The van der Waals surface area contributed by atoms with Crippen molar-refractivity contribution in [2.75, 3.05) is 7.11 Å². The van der Waals surface area contributed by atoms with E-state index in [0.717, 1.165) is 24.2 Å². The third kappa shape index (κ3) is 6.60. The van der Waals surface area contributed by atoms with E-state index in [-0.39, 0.29) is 5.91 Å². The van der Waals surface area contributed by atoms with Crippen LogP contribution in [0.25, 0.3) is 0 Å². The Morgan fingerprint density at radius 2 is 2.21 bits per heavy atom. The average Bonchev–Trinajstić information content (AvgIpc) is 2.44. The van der Waals surface area contributed by atoms with Crippen LogP contribution in [-0.2, 0) is 4.79 Å². The number of ether oxygens (including phenoxy) is 1. The first kappa shape index (κ1) is 15.2. The second-order valence-corrected chi connectivity index (χ2v) is 4.38. The third-order valence-corrected chi connectivity index (χ3v) is 2.75. The van der Waals surface area contributed by atoms with Gasteiger partial charge in [0.05, 0.1) is 13.3 Å². The number of nitrogens with one attached hydrogen (secondary N) is 1. The monoisotopic (exact) mass is 262 g/mol. The summed E-state index contributed by atoms with van der Waals surface area (Å²) in [7, 11) is 1.62. The molecule has 0 spiro atoms. The number of nitrogens with zero attached hydrogens (tertiary/aromatic N) is 1. The topological polar surface area (TPSA) is 50.7 Å². The van der Waals surface area contributed by atoms with Gasteiger partial charge in [0, 0.05) is 6.42 Å². The second-order valence-electron chi connectivity index (χ2n) is 4.38. The minimum absolute atomic E-state index is 0.0322. The van der Waals surface area contributed by atoms with Gasteiger partial charge in [-0.05, 0) is 24.1 Å². The smallest absolute Gasteiger partial charge is 0.240 e. The van der Waals surface area contributed by atoms with Gasteiger partial charge in [0.1, 0.15) is 5.75 Å². The summed E-state index contributed by atoms with van der Waals surface area (Å²) in [6, 6.07) is 7.51.